The van der Waals surface area contributed by atoms with Crippen LogP contribution < -0.4 is 10.2 Å². The number of anilines is 1. The van der Waals surface area contributed by atoms with Crippen LogP contribution >= 0.6 is 0 Å². The van der Waals surface area contributed by atoms with Crippen molar-refractivity contribution in [3.63, 3.8) is 0 Å². The molecule has 0 amide bonds. The molecule has 1 aromatic heterocycles. The van der Waals surface area contributed by atoms with Crippen molar-refractivity contribution >= 4 is 5.82 Å². The summed E-state index contributed by atoms with van der Waals surface area (Å²) < 4.78 is 0. The van der Waals surface area contributed by atoms with Gasteiger partial charge in [0.1, 0.15) is 5.82 Å². The van der Waals surface area contributed by atoms with E-state index in [0.29, 0.717) is 0 Å². The van der Waals surface area contributed by atoms with Crippen LogP contribution in [0.3, 0.4) is 0 Å². The van der Waals surface area contributed by atoms with Crippen molar-refractivity contribution in [3.8, 4) is 0 Å². The zero-order valence-corrected chi connectivity index (χ0v) is 10.4. The Morgan fingerprint density at radius 2 is 2.06 bits per heavy atom. The number of hydrogen-bond acceptors (Lipinski definition) is 3. The second kappa shape index (κ2) is 5.05. The fraction of sp³-hybridized carbons (Fsp3) is 0.643. The van der Waals surface area contributed by atoms with E-state index in [1.54, 1.807) is 0 Å². The number of pyridine rings is 1. The van der Waals surface area contributed by atoms with Crippen LogP contribution in [-0.4, -0.2) is 24.1 Å². The van der Waals surface area contributed by atoms with Crippen molar-refractivity contribution in [1.29, 1.82) is 0 Å². The molecule has 17 heavy (non-hydrogen) atoms. The van der Waals surface area contributed by atoms with Gasteiger partial charge in [0, 0.05) is 31.9 Å². The van der Waals surface area contributed by atoms with E-state index in [4.69, 9.17) is 0 Å². The Morgan fingerprint density at radius 1 is 1.24 bits per heavy atom. The van der Waals surface area contributed by atoms with Crippen LogP contribution in [-0.2, 0) is 6.54 Å². The first-order valence-corrected chi connectivity index (χ1v) is 6.85. The Kier molecular flexibility index (Phi) is 3.27. The number of aromatic nitrogens is 1. The molecule has 0 radical (unpaired) electrons. The van der Waals surface area contributed by atoms with Gasteiger partial charge in [0.2, 0.25) is 0 Å². The van der Waals surface area contributed by atoms with Gasteiger partial charge >= 0.3 is 0 Å². The molecule has 1 aliphatic carbocycles. The minimum Gasteiger partial charge on any atom is -0.357 e. The molecule has 0 aromatic carbocycles. The Balaban J connectivity index is 1.64. The summed E-state index contributed by atoms with van der Waals surface area (Å²) in [6.07, 6.45) is 8.65. The molecule has 2 fully saturated rings. The van der Waals surface area contributed by atoms with Gasteiger partial charge in [-0.3, -0.25) is 0 Å². The second-order valence-electron chi connectivity index (χ2n) is 5.23. The minimum atomic E-state index is 0.779. The number of rotatable bonds is 4. The van der Waals surface area contributed by atoms with Crippen LogP contribution in [0, 0.1) is 0 Å². The van der Waals surface area contributed by atoms with Crippen molar-refractivity contribution in [3.05, 3.63) is 23.9 Å². The predicted molar refractivity (Wildman–Crippen MR) is 70.2 cm³/mol. The Labute approximate surface area is 103 Å². The smallest absolute Gasteiger partial charge is 0.128 e. The SMILES string of the molecule is c1cc(CNC2CC2)cc(N2CCCCC2)n1. The van der Waals surface area contributed by atoms with E-state index in [1.807, 2.05) is 6.20 Å². The molecule has 3 heteroatoms. The van der Waals surface area contributed by atoms with Gasteiger partial charge in [-0.2, -0.15) is 0 Å². The number of piperidine rings is 1. The summed E-state index contributed by atoms with van der Waals surface area (Å²) >= 11 is 0. The molecule has 3 rings (SSSR count). The molecule has 0 spiro atoms. The van der Waals surface area contributed by atoms with E-state index in [0.717, 1.165) is 12.6 Å². The Morgan fingerprint density at radius 3 is 2.82 bits per heavy atom. The quantitative estimate of drug-likeness (QED) is 0.862. The van der Waals surface area contributed by atoms with Gasteiger partial charge in [-0.25, -0.2) is 4.98 Å². The standard InChI is InChI=1S/C14H21N3/c1-2-8-17(9-3-1)14-10-12(6-7-15-14)11-16-13-4-5-13/h6-7,10,13,16H,1-5,8-9,11H2. The van der Waals surface area contributed by atoms with E-state index in [-0.39, 0.29) is 0 Å². The number of hydrogen-bond donors (Lipinski definition) is 1. The molecular formula is C14H21N3. The van der Waals surface area contributed by atoms with Crippen LogP contribution in [0.15, 0.2) is 18.3 Å². The maximum Gasteiger partial charge on any atom is 0.128 e. The molecule has 1 aliphatic heterocycles. The molecule has 0 unspecified atom stereocenters. The molecule has 2 aliphatic rings. The fourth-order valence-electron chi connectivity index (χ4n) is 2.42. The summed E-state index contributed by atoms with van der Waals surface area (Å²) in [6.45, 7) is 3.34. The van der Waals surface area contributed by atoms with E-state index in [9.17, 15) is 0 Å². The van der Waals surface area contributed by atoms with Gasteiger partial charge in [0.15, 0.2) is 0 Å². The van der Waals surface area contributed by atoms with Crippen LogP contribution in [0.4, 0.5) is 5.82 Å². The third kappa shape index (κ3) is 2.97. The van der Waals surface area contributed by atoms with Crippen LogP contribution in [0.2, 0.25) is 0 Å². The molecule has 0 atom stereocenters. The van der Waals surface area contributed by atoms with E-state index in [1.165, 1.54) is 56.6 Å². The molecule has 1 aromatic rings. The van der Waals surface area contributed by atoms with Gasteiger partial charge in [0.05, 0.1) is 0 Å². The van der Waals surface area contributed by atoms with Gasteiger partial charge < -0.3 is 10.2 Å². The summed E-state index contributed by atoms with van der Waals surface area (Å²) in [7, 11) is 0. The highest BCUT2D eigenvalue weighted by molar-refractivity contribution is 5.41. The summed E-state index contributed by atoms with van der Waals surface area (Å²) in [5.41, 5.74) is 1.37. The maximum absolute atomic E-state index is 4.50. The highest BCUT2D eigenvalue weighted by Crippen LogP contribution is 2.21. The maximum atomic E-state index is 4.50. The topological polar surface area (TPSA) is 28.2 Å². The third-order valence-corrected chi connectivity index (χ3v) is 3.66. The first-order valence-electron chi connectivity index (χ1n) is 6.85. The molecule has 1 saturated heterocycles. The average Bonchev–Trinajstić information content (AvgIpc) is 3.22. The molecule has 3 nitrogen and oxygen atoms in total. The highest BCUT2D eigenvalue weighted by Gasteiger charge is 2.20. The van der Waals surface area contributed by atoms with Crippen LogP contribution in [0.25, 0.3) is 0 Å². The zero-order valence-electron chi connectivity index (χ0n) is 10.4. The molecule has 2 heterocycles. The van der Waals surface area contributed by atoms with Crippen molar-refractivity contribution in [2.24, 2.45) is 0 Å². The molecule has 92 valence electrons. The normalized spacial score (nSPS) is 20.6. The highest BCUT2D eigenvalue weighted by atomic mass is 15.2. The van der Waals surface area contributed by atoms with Crippen molar-refractivity contribution in [2.75, 3.05) is 18.0 Å². The molecular weight excluding hydrogens is 210 g/mol. The third-order valence-electron chi connectivity index (χ3n) is 3.66. The average molecular weight is 231 g/mol. The van der Waals surface area contributed by atoms with E-state index < -0.39 is 0 Å². The van der Waals surface area contributed by atoms with Crippen molar-refractivity contribution in [2.45, 2.75) is 44.7 Å². The summed E-state index contributed by atoms with van der Waals surface area (Å²) in [5.74, 6) is 1.17. The lowest BCUT2D eigenvalue weighted by Crippen LogP contribution is -2.30. The van der Waals surface area contributed by atoms with Gasteiger partial charge in [-0.15, -0.1) is 0 Å². The van der Waals surface area contributed by atoms with Crippen molar-refractivity contribution in [1.82, 2.24) is 10.3 Å². The Bertz CT molecular complexity index is 367. The molecule has 1 N–H and O–H groups in total. The first-order chi connectivity index (χ1) is 8.42. The summed E-state index contributed by atoms with van der Waals surface area (Å²) in [4.78, 5) is 6.92. The minimum absolute atomic E-state index is 0.779. The van der Waals surface area contributed by atoms with Gasteiger partial charge in [-0.1, -0.05) is 0 Å². The molecule has 0 bridgehead atoms. The van der Waals surface area contributed by atoms with Gasteiger partial charge in [0.25, 0.3) is 0 Å². The lowest BCUT2D eigenvalue weighted by molar-refractivity contribution is 0.573. The predicted octanol–water partition coefficient (Wildman–Crippen LogP) is 2.32. The number of nitrogens with zero attached hydrogens (tertiary/aromatic N) is 2. The van der Waals surface area contributed by atoms with Crippen molar-refractivity contribution < 1.29 is 0 Å². The molecule has 1 saturated carbocycles. The van der Waals surface area contributed by atoms with Gasteiger partial charge in [-0.05, 0) is 49.8 Å². The largest absolute Gasteiger partial charge is 0.357 e. The second-order valence-corrected chi connectivity index (χ2v) is 5.23. The van der Waals surface area contributed by atoms with Crippen LogP contribution in [0.5, 0.6) is 0 Å². The van der Waals surface area contributed by atoms with E-state index in [2.05, 4.69) is 27.3 Å². The Hall–Kier alpha value is -1.09. The lowest BCUT2D eigenvalue weighted by atomic mass is 10.1. The number of nitrogens with one attached hydrogen (secondary N) is 1. The van der Waals surface area contributed by atoms with E-state index >= 15 is 0 Å². The fourth-order valence-corrected chi connectivity index (χ4v) is 2.42. The monoisotopic (exact) mass is 231 g/mol. The first kappa shape index (κ1) is 11.0. The summed E-state index contributed by atoms with van der Waals surface area (Å²) in [5, 5.41) is 3.56. The lowest BCUT2D eigenvalue weighted by Gasteiger charge is -2.27. The summed E-state index contributed by atoms with van der Waals surface area (Å²) in [6, 6.07) is 5.16. The van der Waals surface area contributed by atoms with Crippen LogP contribution in [0.1, 0.15) is 37.7 Å². The zero-order chi connectivity index (χ0) is 11.5.